The third-order valence-electron chi connectivity index (χ3n) is 5.39. The summed E-state index contributed by atoms with van der Waals surface area (Å²) < 4.78 is 27.1. The average molecular weight is 444 g/mol. The minimum atomic E-state index is -3.60. The first-order valence-corrected chi connectivity index (χ1v) is 12.0. The van der Waals surface area contributed by atoms with Gasteiger partial charge in [0.2, 0.25) is 21.8 Å². The average Bonchev–Trinajstić information content (AvgIpc) is 2.77. The minimum absolute atomic E-state index is 0.0227. The summed E-state index contributed by atoms with van der Waals surface area (Å²) in [5, 5.41) is 2.79. The number of carbonyl (C=O) groups is 2. The van der Waals surface area contributed by atoms with Crippen molar-refractivity contribution in [2.45, 2.75) is 31.1 Å². The van der Waals surface area contributed by atoms with E-state index in [1.807, 2.05) is 37.3 Å². The van der Waals surface area contributed by atoms with Crippen LogP contribution in [-0.4, -0.2) is 51.3 Å². The monoisotopic (exact) mass is 443 g/mol. The molecule has 1 aliphatic heterocycles. The van der Waals surface area contributed by atoms with Gasteiger partial charge >= 0.3 is 0 Å². The van der Waals surface area contributed by atoms with E-state index in [0.29, 0.717) is 19.5 Å². The number of nitrogens with one attached hydrogen (secondary N) is 2. The van der Waals surface area contributed by atoms with Gasteiger partial charge in [-0.2, -0.15) is 0 Å². The molecule has 0 aromatic heterocycles. The van der Waals surface area contributed by atoms with Gasteiger partial charge in [-0.25, -0.2) is 13.1 Å². The first kappa shape index (κ1) is 23.0. The fourth-order valence-corrected chi connectivity index (χ4v) is 4.65. The highest BCUT2D eigenvalue weighted by atomic mass is 32.2. The second kappa shape index (κ2) is 10.5. The normalized spacial score (nSPS) is 16.7. The number of rotatable bonds is 8. The number of aryl methyl sites for hydroxylation is 1. The second-order valence-corrected chi connectivity index (χ2v) is 9.61. The van der Waals surface area contributed by atoms with Crippen molar-refractivity contribution in [3.8, 4) is 0 Å². The third kappa shape index (κ3) is 6.63. The lowest BCUT2D eigenvalue weighted by atomic mass is 9.96. The van der Waals surface area contributed by atoms with Crippen molar-refractivity contribution in [2.24, 2.45) is 5.92 Å². The maximum atomic E-state index is 12.6. The van der Waals surface area contributed by atoms with Gasteiger partial charge in [0.25, 0.3) is 0 Å². The van der Waals surface area contributed by atoms with E-state index in [2.05, 4.69) is 10.0 Å². The number of hydrogen-bond acceptors (Lipinski definition) is 4. The third-order valence-corrected chi connectivity index (χ3v) is 6.87. The van der Waals surface area contributed by atoms with Crippen LogP contribution < -0.4 is 10.0 Å². The van der Waals surface area contributed by atoms with Crippen molar-refractivity contribution in [1.29, 1.82) is 0 Å². The zero-order valence-corrected chi connectivity index (χ0v) is 18.5. The van der Waals surface area contributed by atoms with Crippen LogP contribution >= 0.6 is 0 Å². The van der Waals surface area contributed by atoms with Gasteiger partial charge in [-0.15, -0.1) is 0 Å². The zero-order chi connectivity index (χ0) is 22.3. The topological polar surface area (TPSA) is 95.6 Å². The van der Waals surface area contributed by atoms with E-state index in [-0.39, 0.29) is 35.7 Å². The fraction of sp³-hybridized carbons (Fsp3) is 0.391. The molecular formula is C23H29N3O4S. The highest BCUT2D eigenvalue weighted by Crippen LogP contribution is 2.18. The first-order chi connectivity index (χ1) is 14.8. The Labute approximate surface area is 183 Å². The van der Waals surface area contributed by atoms with Crippen LogP contribution in [0, 0.1) is 12.8 Å². The Hall–Kier alpha value is -2.71. The molecule has 2 aromatic rings. The molecule has 3 rings (SSSR count). The van der Waals surface area contributed by atoms with Gasteiger partial charge in [-0.3, -0.25) is 9.59 Å². The van der Waals surface area contributed by atoms with E-state index in [9.17, 15) is 18.0 Å². The molecule has 2 amide bonds. The molecule has 0 bridgehead atoms. The molecule has 1 fully saturated rings. The highest BCUT2D eigenvalue weighted by Gasteiger charge is 2.28. The number of piperidine rings is 1. The van der Waals surface area contributed by atoms with Crippen molar-refractivity contribution in [3.05, 3.63) is 65.7 Å². The maximum Gasteiger partial charge on any atom is 0.240 e. The number of benzene rings is 2. The summed E-state index contributed by atoms with van der Waals surface area (Å²) in [4.78, 5) is 27.1. The molecule has 1 heterocycles. The van der Waals surface area contributed by atoms with Crippen LogP contribution in [0.25, 0.3) is 0 Å². The second-order valence-electron chi connectivity index (χ2n) is 7.84. The highest BCUT2D eigenvalue weighted by molar-refractivity contribution is 7.89. The Morgan fingerprint density at radius 3 is 2.45 bits per heavy atom. The molecule has 31 heavy (non-hydrogen) atoms. The number of hydrogen-bond donors (Lipinski definition) is 2. The number of likely N-dealkylation sites (tertiary alicyclic amines) is 1. The van der Waals surface area contributed by atoms with E-state index < -0.39 is 10.0 Å². The Kier molecular flexibility index (Phi) is 7.81. The molecule has 166 valence electrons. The van der Waals surface area contributed by atoms with E-state index >= 15 is 0 Å². The van der Waals surface area contributed by atoms with Crippen molar-refractivity contribution in [1.82, 2.24) is 14.9 Å². The van der Waals surface area contributed by atoms with E-state index in [1.54, 1.807) is 29.2 Å². The van der Waals surface area contributed by atoms with Gasteiger partial charge in [0.15, 0.2) is 0 Å². The van der Waals surface area contributed by atoms with Crippen LogP contribution in [0.4, 0.5) is 0 Å². The lowest BCUT2D eigenvalue weighted by molar-refractivity contribution is -0.135. The van der Waals surface area contributed by atoms with Crippen LogP contribution in [0.3, 0.4) is 0 Å². The summed E-state index contributed by atoms with van der Waals surface area (Å²) in [6.45, 7) is 3.24. The molecule has 0 spiro atoms. The molecule has 1 saturated heterocycles. The van der Waals surface area contributed by atoms with Gasteiger partial charge in [0, 0.05) is 26.2 Å². The van der Waals surface area contributed by atoms with E-state index in [4.69, 9.17) is 0 Å². The molecule has 2 N–H and O–H groups in total. The Bertz CT molecular complexity index is 991. The molecule has 0 radical (unpaired) electrons. The summed E-state index contributed by atoms with van der Waals surface area (Å²) in [5.41, 5.74) is 1.94. The molecule has 8 heteroatoms. The van der Waals surface area contributed by atoms with Gasteiger partial charge in [0.05, 0.1) is 17.2 Å². The summed E-state index contributed by atoms with van der Waals surface area (Å²) in [6.07, 6.45) is 1.82. The number of sulfonamides is 1. The number of carbonyl (C=O) groups excluding carboxylic acids is 2. The summed E-state index contributed by atoms with van der Waals surface area (Å²) in [7, 11) is -3.60. The van der Waals surface area contributed by atoms with Crippen LogP contribution in [0.1, 0.15) is 24.0 Å². The largest absolute Gasteiger partial charge is 0.354 e. The van der Waals surface area contributed by atoms with Gasteiger partial charge in [0.1, 0.15) is 0 Å². The predicted molar refractivity (Wildman–Crippen MR) is 119 cm³/mol. The van der Waals surface area contributed by atoms with Crippen LogP contribution in [0.15, 0.2) is 59.5 Å². The standard InChI is InChI=1S/C23H29N3O4S/c1-18-9-11-21(12-10-18)31(29,30)25-14-13-24-23(28)20-8-5-15-26(17-20)22(27)16-19-6-3-2-4-7-19/h2-4,6-7,9-12,20,25H,5,8,13-17H2,1H3,(H,24,28). The van der Waals surface area contributed by atoms with Crippen LogP contribution in [0.5, 0.6) is 0 Å². The zero-order valence-electron chi connectivity index (χ0n) is 17.7. The molecule has 1 unspecified atom stereocenters. The minimum Gasteiger partial charge on any atom is -0.354 e. The Morgan fingerprint density at radius 1 is 1.03 bits per heavy atom. The SMILES string of the molecule is Cc1ccc(S(=O)(=O)NCCNC(=O)C2CCCN(C(=O)Cc3ccccc3)C2)cc1. The van der Waals surface area contributed by atoms with Gasteiger partial charge in [-0.1, -0.05) is 48.0 Å². The molecule has 0 saturated carbocycles. The Balaban J connectivity index is 1.43. The van der Waals surface area contributed by atoms with E-state index in [0.717, 1.165) is 24.0 Å². The molecule has 2 aromatic carbocycles. The fourth-order valence-electron chi connectivity index (χ4n) is 3.62. The molecule has 1 aliphatic rings. The summed E-state index contributed by atoms with van der Waals surface area (Å²) in [5.74, 6) is -0.400. The molecule has 0 aliphatic carbocycles. The summed E-state index contributed by atoms with van der Waals surface area (Å²) >= 11 is 0. The van der Waals surface area contributed by atoms with E-state index in [1.165, 1.54) is 0 Å². The smallest absolute Gasteiger partial charge is 0.240 e. The number of amides is 2. The Morgan fingerprint density at radius 2 is 1.74 bits per heavy atom. The van der Waals surface area contributed by atoms with Crippen LogP contribution in [0.2, 0.25) is 0 Å². The molecule has 7 nitrogen and oxygen atoms in total. The van der Waals surface area contributed by atoms with Crippen molar-refractivity contribution in [2.75, 3.05) is 26.2 Å². The maximum absolute atomic E-state index is 12.6. The quantitative estimate of drug-likeness (QED) is 0.609. The van der Waals surface area contributed by atoms with Crippen molar-refractivity contribution >= 4 is 21.8 Å². The van der Waals surface area contributed by atoms with Crippen molar-refractivity contribution in [3.63, 3.8) is 0 Å². The number of nitrogens with zero attached hydrogens (tertiary/aromatic N) is 1. The summed E-state index contributed by atoms with van der Waals surface area (Å²) in [6, 6.07) is 16.2. The predicted octanol–water partition coefficient (Wildman–Crippen LogP) is 1.87. The van der Waals surface area contributed by atoms with Gasteiger partial charge < -0.3 is 10.2 Å². The molecule has 1 atom stereocenters. The molecular weight excluding hydrogens is 414 g/mol. The van der Waals surface area contributed by atoms with Crippen LogP contribution in [-0.2, 0) is 26.0 Å². The lowest BCUT2D eigenvalue weighted by Gasteiger charge is -2.32. The van der Waals surface area contributed by atoms with Crippen molar-refractivity contribution < 1.29 is 18.0 Å². The first-order valence-electron chi connectivity index (χ1n) is 10.5. The lowest BCUT2D eigenvalue weighted by Crippen LogP contribution is -2.47. The van der Waals surface area contributed by atoms with Gasteiger partial charge in [-0.05, 0) is 37.5 Å².